The van der Waals surface area contributed by atoms with Crippen molar-refractivity contribution < 1.29 is 23.1 Å². The van der Waals surface area contributed by atoms with Gasteiger partial charge in [0.05, 0.1) is 10.9 Å². The summed E-state index contributed by atoms with van der Waals surface area (Å²) in [6, 6.07) is 15.1. The monoisotopic (exact) mass is 404 g/mol. The minimum Gasteiger partial charge on any atom is -0.460 e. The molecule has 6 heteroatoms. The number of hydrogen-bond donors (Lipinski definition) is 0. The van der Waals surface area contributed by atoms with Crippen molar-refractivity contribution in [1.29, 1.82) is 0 Å². The highest BCUT2D eigenvalue weighted by atomic mass is 19.1. The molecule has 0 saturated heterocycles. The van der Waals surface area contributed by atoms with Crippen molar-refractivity contribution in [2.45, 2.75) is 13.8 Å². The molecular formula is C24H17FO5. The Labute approximate surface area is 171 Å². The molecule has 0 fully saturated rings. The Morgan fingerprint density at radius 2 is 1.60 bits per heavy atom. The number of halogens is 1. The van der Waals surface area contributed by atoms with E-state index < -0.39 is 11.8 Å². The number of hydrogen-bond acceptors (Lipinski definition) is 5. The largest absolute Gasteiger partial charge is 0.460 e. The number of carbonyl (C=O) groups excluding carboxylic acids is 1. The van der Waals surface area contributed by atoms with Crippen LogP contribution in [0.4, 0.5) is 4.39 Å². The zero-order chi connectivity index (χ0) is 21.3. The van der Waals surface area contributed by atoms with Crippen molar-refractivity contribution in [1.82, 2.24) is 0 Å². The maximum absolute atomic E-state index is 13.0. The molecule has 1 heterocycles. The molecule has 5 nitrogen and oxygen atoms in total. The van der Waals surface area contributed by atoms with Gasteiger partial charge in [-0.1, -0.05) is 6.07 Å². The van der Waals surface area contributed by atoms with Gasteiger partial charge in [0, 0.05) is 6.07 Å². The number of ether oxygens (including phenoxy) is 2. The lowest BCUT2D eigenvalue weighted by Gasteiger charge is -2.08. The third-order valence-electron chi connectivity index (χ3n) is 4.43. The Balaban J connectivity index is 1.60. The van der Waals surface area contributed by atoms with Gasteiger partial charge in [0.15, 0.2) is 0 Å². The van der Waals surface area contributed by atoms with Gasteiger partial charge < -0.3 is 13.9 Å². The smallest absolute Gasteiger partial charge is 0.343 e. The van der Waals surface area contributed by atoms with Gasteiger partial charge in [-0.2, -0.15) is 0 Å². The van der Waals surface area contributed by atoms with E-state index in [0.717, 1.165) is 11.1 Å². The van der Waals surface area contributed by atoms with Crippen LogP contribution in [0.25, 0.3) is 11.0 Å². The Morgan fingerprint density at radius 3 is 2.30 bits per heavy atom. The highest BCUT2D eigenvalue weighted by Gasteiger charge is 2.13. The average Bonchev–Trinajstić information content (AvgIpc) is 2.70. The summed E-state index contributed by atoms with van der Waals surface area (Å²) in [5.41, 5.74) is 2.14. The molecule has 0 saturated carbocycles. The topological polar surface area (TPSA) is 65.7 Å². The number of carbonyl (C=O) groups is 1. The summed E-state index contributed by atoms with van der Waals surface area (Å²) in [5, 5.41) is 0.290. The maximum Gasteiger partial charge on any atom is 0.343 e. The van der Waals surface area contributed by atoms with Crippen molar-refractivity contribution in [2.75, 3.05) is 0 Å². The molecule has 0 amide bonds. The molecule has 3 aromatic carbocycles. The molecule has 1 aromatic heterocycles. The number of fused-ring (bicyclic) bond motifs is 1. The second kappa shape index (κ2) is 7.83. The Hall–Kier alpha value is -3.93. The lowest BCUT2D eigenvalue weighted by molar-refractivity contribution is 0.0735. The van der Waals surface area contributed by atoms with Gasteiger partial charge in [-0.3, -0.25) is 4.79 Å². The molecule has 0 radical (unpaired) electrons. The van der Waals surface area contributed by atoms with Crippen LogP contribution in [0.3, 0.4) is 0 Å². The first-order chi connectivity index (χ1) is 14.4. The summed E-state index contributed by atoms with van der Waals surface area (Å²) in [6.45, 7) is 3.88. The predicted molar refractivity (Wildman–Crippen MR) is 110 cm³/mol. The first-order valence-electron chi connectivity index (χ1n) is 9.18. The van der Waals surface area contributed by atoms with Gasteiger partial charge in [-0.15, -0.1) is 0 Å². The van der Waals surface area contributed by atoms with E-state index in [0.29, 0.717) is 11.1 Å². The lowest BCUT2D eigenvalue weighted by atomic mass is 10.1. The fraction of sp³-hybridized carbons (Fsp3) is 0.0833. The first kappa shape index (κ1) is 19.4. The van der Waals surface area contributed by atoms with Gasteiger partial charge in [0.1, 0.15) is 29.2 Å². The fourth-order valence-corrected chi connectivity index (χ4v) is 3.10. The summed E-state index contributed by atoms with van der Waals surface area (Å²) >= 11 is 0. The predicted octanol–water partition coefficient (Wildman–Crippen LogP) is 5.56. The molecule has 0 bridgehead atoms. The second-order valence-corrected chi connectivity index (χ2v) is 6.91. The van der Waals surface area contributed by atoms with Gasteiger partial charge in [-0.25, -0.2) is 9.18 Å². The number of benzene rings is 3. The molecule has 150 valence electrons. The van der Waals surface area contributed by atoms with Crippen molar-refractivity contribution in [3.8, 4) is 17.2 Å². The molecular weight excluding hydrogens is 387 g/mol. The molecule has 4 rings (SSSR count). The molecule has 0 aliphatic carbocycles. The molecule has 4 aromatic rings. The first-order valence-corrected chi connectivity index (χ1v) is 9.18. The summed E-state index contributed by atoms with van der Waals surface area (Å²) in [7, 11) is 0. The van der Waals surface area contributed by atoms with Crippen molar-refractivity contribution in [3.63, 3.8) is 0 Å². The molecule has 0 aliphatic heterocycles. The van der Waals surface area contributed by atoms with E-state index in [1.165, 1.54) is 48.7 Å². The third kappa shape index (κ3) is 4.07. The van der Waals surface area contributed by atoms with Crippen molar-refractivity contribution >= 4 is 16.9 Å². The minimum absolute atomic E-state index is 0.0588. The summed E-state index contributed by atoms with van der Waals surface area (Å²) < 4.78 is 29.5. The summed E-state index contributed by atoms with van der Waals surface area (Å²) in [6.07, 6.45) is 1.23. The third-order valence-corrected chi connectivity index (χ3v) is 4.43. The zero-order valence-electron chi connectivity index (χ0n) is 16.3. The molecule has 30 heavy (non-hydrogen) atoms. The Kier molecular flexibility index (Phi) is 5.06. The van der Waals surface area contributed by atoms with Crippen LogP contribution >= 0.6 is 0 Å². The Bertz CT molecular complexity index is 1290. The van der Waals surface area contributed by atoms with E-state index in [-0.39, 0.29) is 28.1 Å². The van der Waals surface area contributed by atoms with Crippen LogP contribution < -0.4 is 14.9 Å². The Morgan fingerprint density at radius 1 is 0.900 bits per heavy atom. The van der Waals surface area contributed by atoms with Crippen LogP contribution in [0.15, 0.2) is 76.1 Å². The van der Waals surface area contributed by atoms with Crippen LogP contribution in [0.5, 0.6) is 17.2 Å². The fourth-order valence-electron chi connectivity index (χ4n) is 3.10. The summed E-state index contributed by atoms with van der Waals surface area (Å²) in [4.78, 5) is 24.9. The van der Waals surface area contributed by atoms with Crippen molar-refractivity contribution in [3.05, 3.63) is 99.7 Å². The molecule has 0 N–H and O–H groups in total. The number of esters is 1. The number of rotatable bonds is 4. The standard InChI is InChI=1S/C24H17FO5/c1-14-9-15(2)11-19(10-14)29-22-13-28-21-12-18(7-8-20(21)23(22)26)30-24(27)16-3-5-17(25)6-4-16/h3-13H,1-2H3. The van der Waals surface area contributed by atoms with Crippen LogP contribution in [0.2, 0.25) is 0 Å². The quantitative estimate of drug-likeness (QED) is 0.329. The lowest BCUT2D eigenvalue weighted by Crippen LogP contribution is -2.09. The molecule has 0 aliphatic rings. The van der Waals surface area contributed by atoms with E-state index in [2.05, 4.69) is 0 Å². The van der Waals surface area contributed by atoms with Crippen LogP contribution in [-0.4, -0.2) is 5.97 Å². The normalized spacial score (nSPS) is 10.8. The summed E-state index contributed by atoms with van der Waals surface area (Å²) in [5.74, 6) is -0.292. The van der Waals surface area contributed by atoms with Gasteiger partial charge in [0.25, 0.3) is 0 Å². The van der Waals surface area contributed by atoms with E-state index in [4.69, 9.17) is 13.9 Å². The molecule has 0 unspecified atom stereocenters. The van der Waals surface area contributed by atoms with Crippen LogP contribution in [0.1, 0.15) is 21.5 Å². The van der Waals surface area contributed by atoms with E-state index in [9.17, 15) is 14.0 Å². The highest BCUT2D eigenvalue weighted by Crippen LogP contribution is 2.25. The maximum atomic E-state index is 13.0. The van der Waals surface area contributed by atoms with Gasteiger partial charge >= 0.3 is 5.97 Å². The average molecular weight is 404 g/mol. The van der Waals surface area contributed by atoms with Crippen LogP contribution in [-0.2, 0) is 0 Å². The van der Waals surface area contributed by atoms with Gasteiger partial charge in [-0.05, 0) is 73.5 Å². The SMILES string of the molecule is Cc1cc(C)cc(Oc2coc3cc(OC(=O)c4ccc(F)cc4)ccc3c2=O)c1. The molecule has 0 spiro atoms. The van der Waals surface area contributed by atoms with Gasteiger partial charge in [0.2, 0.25) is 11.2 Å². The van der Waals surface area contributed by atoms with Crippen LogP contribution in [0, 0.1) is 19.7 Å². The zero-order valence-corrected chi connectivity index (χ0v) is 16.3. The second-order valence-electron chi connectivity index (χ2n) is 6.91. The number of aryl methyl sites for hydroxylation is 2. The minimum atomic E-state index is -0.647. The van der Waals surface area contributed by atoms with E-state index >= 15 is 0 Å². The molecule has 0 atom stereocenters. The van der Waals surface area contributed by atoms with Crippen molar-refractivity contribution in [2.24, 2.45) is 0 Å². The highest BCUT2D eigenvalue weighted by molar-refractivity contribution is 5.91. The van der Waals surface area contributed by atoms with E-state index in [1.54, 1.807) is 0 Å². The van der Waals surface area contributed by atoms with E-state index in [1.807, 2.05) is 32.0 Å².